The Balaban J connectivity index is 1.81. The van der Waals surface area contributed by atoms with E-state index in [9.17, 15) is 15.3 Å². The van der Waals surface area contributed by atoms with Gasteiger partial charge in [-0.05, 0) is 31.1 Å². The number of likely N-dealkylation sites (N-methyl/N-ethyl adjacent to an activating group) is 1. The van der Waals surface area contributed by atoms with Crippen molar-refractivity contribution in [3.05, 3.63) is 35.9 Å². The highest BCUT2D eigenvalue weighted by Gasteiger charge is 2.76. The zero-order valence-corrected chi connectivity index (χ0v) is 14.6. The number of phenolic OH excluding ortho intramolecular Hbond substituents is 1. The van der Waals surface area contributed by atoms with Crippen molar-refractivity contribution in [1.29, 1.82) is 0 Å². The summed E-state index contributed by atoms with van der Waals surface area (Å²) in [5.74, 6) is 1.01. The lowest BCUT2D eigenvalue weighted by Crippen LogP contribution is -2.81. The van der Waals surface area contributed by atoms with Gasteiger partial charge in [0.2, 0.25) is 0 Å². The third-order valence-electron chi connectivity index (χ3n) is 7.64. The molecule has 0 amide bonds. The Bertz CT molecular complexity index is 779. The van der Waals surface area contributed by atoms with Gasteiger partial charge in [0.15, 0.2) is 0 Å². The summed E-state index contributed by atoms with van der Waals surface area (Å²) in [6.07, 6.45) is 3.40. The van der Waals surface area contributed by atoms with Gasteiger partial charge in [-0.15, -0.1) is 0 Å². The number of hydrogen-bond acceptors (Lipinski definition) is 4. The molecular formula is C20H26NO4+. The summed E-state index contributed by atoms with van der Waals surface area (Å²) >= 11 is 0. The fourth-order valence-electron chi connectivity index (χ4n) is 6.55. The molecule has 2 aliphatic heterocycles. The van der Waals surface area contributed by atoms with Crippen molar-refractivity contribution in [3.63, 3.8) is 0 Å². The van der Waals surface area contributed by atoms with E-state index in [1.165, 1.54) is 0 Å². The summed E-state index contributed by atoms with van der Waals surface area (Å²) < 4.78 is 6.91. The van der Waals surface area contributed by atoms with Gasteiger partial charge in [0, 0.05) is 24.0 Å². The van der Waals surface area contributed by atoms with E-state index in [-0.39, 0.29) is 11.8 Å². The molecule has 2 fully saturated rings. The van der Waals surface area contributed by atoms with E-state index in [1.54, 1.807) is 12.1 Å². The first-order valence-electron chi connectivity index (χ1n) is 9.25. The third kappa shape index (κ3) is 1.56. The first-order valence-corrected chi connectivity index (χ1v) is 9.25. The van der Waals surface area contributed by atoms with Crippen molar-refractivity contribution in [3.8, 4) is 11.5 Å². The van der Waals surface area contributed by atoms with E-state index < -0.39 is 23.2 Å². The molecule has 1 saturated carbocycles. The second-order valence-electron chi connectivity index (χ2n) is 8.62. The summed E-state index contributed by atoms with van der Waals surface area (Å²) in [5.41, 5.74) is 0.311. The Hall–Kier alpha value is -1.56. The number of ether oxygens (including phenoxy) is 1. The van der Waals surface area contributed by atoms with Crippen LogP contribution in [0.5, 0.6) is 11.5 Å². The van der Waals surface area contributed by atoms with Crippen molar-refractivity contribution in [2.75, 3.05) is 20.1 Å². The number of benzene rings is 1. The van der Waals surface area contributed by atoms with Crippen LogP contribution < -0.4 is 4.74 Å². The minimum Gasteiger partial charge on any atom is -0.508 e. The van der Waals surface area contributed by atoms with Gasteiger partial charge in [0.1, 0.15) is 29.2 Å². The van der Waals surface area contributed by atoms with Crippen LogP contribution in [0.25, 0.3) is 0 Å². The number of aromatic hydroxyl groups is 1. The van der Waals surface area contributed by atoms with E-state index in [1.807, 2.05) is 6.08 Å². The average molecular weight is 344 g/mol. The highest BCUT2D eigenvalue weighted by atomic mass is 16.5. The van der Waals surface area contributed by atoms with Gasteiger partial charge in [-0.25, -0.2) is 0 Å². The number of piperidine rings is 1. The standard InChI is InChI=1S/C20H25NO4/c1-3-9-21(2)10-8-19-17-12-11-16(21)20(19,24)7-6-14(23)18(19)25-15(17)5-4-13(12)22/h3-5,14,16,18,23-24H,1,6-11H2,2H3/p+1/t14-,16?,18?,19-,20?,21-/m0/s1. The quantitative estimate of drug-likeness (QED) is 0.558. The molecule has 2 bridgehead atoms. The Morgan fingerprint density at radius 1 is 1.40 bits per heavy atom. The Kier molecular flexibility index (Phi) is 2.87. The maximum Gasteiger partial charge on any atom is 0.137 e. The van der Waals surface area contributed by atoms with Crippen LogP contribution >= 0.6 is 0 Å². The second kappa shape index (κ2) is 4.58. The van der Waals surface area contributed by atoms with Crippen LogP contribution in [0.1, 0.15) is 30.4 Å². The fourth-order valence-corrected chi connectivity index (χ4v) is 6.55. The minimum atomic E-state index is -0.932. The maximum absolute atomic E-state index is 12.1. The molecule has 6 atom stereocenters. The monoisotopic (exact) mass is 344 g/mol. The molecule has 2 aliphatic carbocycles. The van der Waals surface area contributed by atoms with E-state index in [0.717, 1.165) is 36.4 Å². The van der Waals surface area contributed by atoms with Gasteiger partial charge in [0.05, 0.1) is 31.7 Å². The van der Waals surface area contributed by atoms with Crippen LogP contribution in [-0.4, -0.2) is 63.8 Å². The molecule has 4 aliphatic rings. The van der Waals surface area contributed by atoms with Gasteiger partial charge in [-0.2, -0.15) is 0 Å². The summed E-state index contributed by atoms with van der Waals surface area (Å²) in [6.45, 7) is 5.61. The van der Waals surface area contributed by atoms with Crippen molar-refractivity contribution < 1.29 is 24.5 Å². The largest absolute Gasteiger partial charge is 0.508 e. The van der Waals surface area contributed by atoms with Gasteiger partial charge in [-0.3, -0.25) is 0 Å². The smallest absolute Gasteiger partial charge is 0.137 e. The van der Waals surface area contributed by atoms with E-state index in [2.05, 4.69) is 13.6 Å². The molecule has 1 aromatic carbocycles. The van der Waals surface area contributed by atoms with Gasteiger partial charge >= 0.3 is 0 Å². The highest BCUT2D eigenvalue weighted by molar-refractivity contribution is 5.61. The number of likely N-dealkylation sites (tertiary alicyclic amines) is 1. The van der Waals surface area contributed by atoms with Crippen molar-refractivity contribution in [1.82, 2.24) is 0 Å². The molecule has 0 radical (unpaired) electrons. The first-order chi connectivity index (χ1) is 11.9. The molecular weight excluding hydrogens is 318 g/mol. The molecule has 3 unspecified atom stereocenters. The van der Waals surface area contributed by atoms with Crippen LogP contribution in [0, 0.1) is 0 Å². The topological polar surface area (TPSA) is 69.9 Å². The number of hydrogen-bond donors (Lipinski definition) is 3. The summed E-state index contributed by atoms with van der Waals surface area (Å²) in [4.78, 5) is 0. The molecule has 5 rings (SSSR count). The van der Waals surface area contributed by atoms with Gasteiger partial charge < -0.3 is 24.5 Å². The third-order valence-corrected chi connectivity index (χ3v) is 7.64. The summed E-state index contributed by atoms with van der Waals surface area (Å²) in [7, 11) is 2.18. The molecule has 134 valence electrons. The van der Waals surface area contributed by atoms with Crippen LogP contribution in [0.2, 0.25) is 0 Å². The molecule has 1 saturated heterocycles. The molecule has 5 heteroatoms. The van der Waals surface area contributed by atoms with Crippen molar-refractivity contribution in [2.24, 2.45) is 0 Å². The molecule has 2 heterocycles. The molecule has 3 N–H and O–H groups in total. The normalized spacial score (nSPS) is 46.3. The zero-order valence-electron chi connectivity index (χ0n) is 14.6. The first kappa shape index (κ1) is 15.7. The number of rotatable bonds is 2. The van der Waals surface area contributed by atoms with Crippen LogP contribution in [0.15, 0.2) is 24.8 Å². The average Bonchev–Trinajstić information content (AvgIpc) is 2.91. The van der Waals surface area contributed by atoms with Gasteiger partial charge in [-0.1, -0.05) is 6.58 Å². The number of aliphatic hydroxyl groups is 2. The van der Waals surface area contributed by atoms with Crippen molar-refractivity contribution in [2.45, 2.75) is 54.9 Å². The highest BCUT2D eigenvalue weighted by Crippen LogP contribution is 2.65. The predicted molar refractivity (Wildman–Crippen MR) is 92.6 cm³/mol. The zero-order chi connectivity index (χ0) is 17.6. The SMILES string of the molecule is C=CC[N@@+]1(C)CC[C@@]23c4c5ccc(O)c4CC1C2(O)CC[C@H](O)C3O5. The second-order valence-corrected chi connectivity index (χ2v) is 8.62. The van der Waals surface area contributed by atoms with E-state index >= 15 is 0 Å². The predicted octanol–water partition coefficient (Wildman–Crippen LogP) is 1.24. The van der Waals surface area contributed by atoms with Crippen molar-refractivity contribution >= 4 is 0 Å². The molecule has 0 aromatic heterocycles. The van der Waals surface area contributed by atoms with Crippen LogP contribution in [0.4, 0.5) is 0 Å². The Morgan fingerprint density at radius 2 is 2.20 bits per heavy atom. The number of quaternary nitrogens is 1. The van der Waals surface area contributed by atoms with Gasteiger partial charge in [0.25, 0.3) is 0 Å². The Labute approximate surface area is 147 Å². The van der Waals surface area contributed by atoms with Crippen LogP contribution in [0.3, 0.4) is 0 Å². The minimum absolute atomic E-state index is 0.0374. The number of aliphatic hydroxyl groups excluding tert-OH is 1. The number of nitrogens with zero attached hydrogens (tertiary/aromatic N) is 1. The van der Waals surface area contributed by atoms with E-state index in [4.69, 9.17) is 4.74 Å². The Morgan fingerprint density at radius 3 is 2.96 bits per heavy atom. The molecule has 25 heavy (non-hydrogen) atoms. The molecule has 5 nitrogen and oxygen atoms in total. The maximum atomic E-state index is 12.1. The molecule has 1 spiro atoms. The summed E-state index contributed by atoms with van der Waals surface area (Å²) in [5, 5.41) is 33.3. The van der Waals surface area contributed by atoms with E-state index in [0.29, 0.717) is 23.7 Å². The summed E-state index contributed by atoms with van der Waals surface area (Å²) in [6, 6.07) is 3.44. The fraction of sp³-hybridized carbons (Fsp3) is 0.600. The lowest BCUT2D eigenvalue weighted by atomic mass is 9.48. The van der Waals surface area contributed by atoms with Crippen LogP contribution in [-0.2, 0) is 11.8 Å². The molecule has 1 aromatic rings. The number of phenols is 1. The lowest BCUT2D eigenvalue weighted by Gasteiger charge is -2.65. The lowest BCUT2D eigenvalue weighted by molar-refractivity contribution is -0.944.